The van der Waals surface area contributed by atoms with Gasteiger partial charge in [-0.15, -0.1) is 10.2 Å². The van der Waals surface area contributed by atoms with Gasteiger partial charge in [-0.3, -0.25) is 0 Å². The fourth-order valence-electron chi connectivity index (χ4n) is 3.18. The summed E-state index contributed by atoms with van der Waals surface area (Å²) in [7, 11) is 0. The van der Waals surface area contributed by atoms with Crippen molar-refractivity contribution in [3.63, 3.8) is 0 Å². The van der Waals surface area contributed by atoms with E-state index in [-0.39, 0.29) is 10.7 Å². The Kier molecular flexibility index (Phi) is 5.73. The van der Waals surface area contributed by atoms with Crippen molar-refractivity contribution in [3.05, 3.63) is 59.3 Å². The van der Waals surface area contributed by atoms with Crippen LogP contribution >= 0.6 is 11.6 Å². The molecule has 3 aromatic rings. The number of urea groups is 1. The van der Waals surface area contributed by atoms with Crippen LogP contribution < -0.4 is 10.2 Å². The number of furan rings is 1. The summed E-state index contributed by atoms with van der Waals surface area (Å²) in [5.74, 6) is 1.28. The van der Waals surface area contributed by atoms with Crippen molar-refractivity contribution >= 4 is 29.1 Å². The second kappa shape index (κ2) is 8.46. The van der Waals surface area contributed by atoms with E-state index in [2.05, 4.69) is 15.5 Å². The zero-order chi connectivity index (χ0) is 22.0. The van der Waals surface area contributed by atoms with Crippen molar-refractivity contribution in [2.75, 3.05) is 36.4 Å². The maximum atomic E-state index is 12.9. The van der Waals surface area contributed by atoms with Crippen LogP contribution in [0.5, 0.6) is 0 Å². The molecule has 7 nitrogen and oxygen atoms in total. The molecule has 0 radical (unpaired) electrons. The third kappa shape index (κ3) is 4.74. The first-order chi connectivity index (χ1) is 14.8. The van der Waals surface area contributed by atoms with Gasteiger partial charge in [-0.2, -0.15) is 13.2 Å². The largest absolute Gasteiger partial charge is 0.463 e. The number of carbonyl (C=O) groups excluding carboxylic acids is 1. The number of aromatic nitrogens is 2. The molecule has 11 heteroatoms. The zero-order valence-electron chi connectivity index (χ0n) is 16.1. The minimum atomic E-state index is -4.52. The lowest BCUT2D eigenvalue weighted by Gasteiger charge is -2.35. The van der Waals surface area contributed by atoms with Gasteiger partial charge in [-0.25, -0.2) is 4.79 Å². The normalized spacial score (nSPS) is 14.6. The van der Waals surface area contributed by atoms with E-state index in [4.69, 9.17) is 16.0 Å². The molecule has 0 atom stereocenters. The Morgan fingerprint density at radius 1 is 1.06 bits per heavy atom. The van der Waals surface area contributed by atoms with Crippen LogP contribution in [0.15, 0.2) is 53.1 Å². The van der Waals surface area contributed by atoms with Crippen LogP contribution in [0.3, 0.4) is 0 Å². The first kappa shape index (κ1) is 21.0. The Hall–Kier alpha value is -3.27. The van der Waals surface area contributed by atoms with E-state index in [0.717, 1.165) is 18.2 Å². The number of rotatable bonds is 3. The number of anilines is 2. The van der Waals surface area contributed by atoms with Gasteiger partial charge in [0.25, 0.3) is 0 Å². The van der Waals surface area contributed by atoms with Crippen LogP contribution in [0.4, 0.5) is 29.5 Å². The number of nitrogens with zero attached hydrogens (tertiary/aromatic N) is 4. The third-order valence-corrected chi connectivity index (χ3v) is 5.18. The lowest BCUT2D eigenvalue weighted by atomic mass is 10.2. The van der Waals surface area contributed by atoms with Crippen molar-refractivity contribution in [2.45, 2.75) is 6.18 Å². The maximum absolute atomic E-state index is 12.9. The molecule has 0 bridgehead atoms. The van der Waals surface area contributed by atoms with Crippen LogP contribution in [0.1, 0.15) is 5.56 Å². The second-order valence-electron chi connectivity index (χ2n) is 6.85. The average molecular weight is 452 g/mol. The summed E-state index contributed by atoms with van der Waals surface area (Å²) in [6.45, 7) is 1.73. The number of hydrogen-bond donors (Lipinski definition) is 1. The molecule has 1 aliphatic rings. The first-order valence-electron chi connectivity index (χ1n) is 9.36. The molecule has 2 aromatic heterocycles. The molecule has 1 aromatic carbocycles. The number of hydrogen-bond acceptors (Lipinski definition) is 5. The Balaban J connectivity index is 1.36. The molecular weight excluding hydrogens is 435 g/mol. The zero-order valence-corrected chi connectivity index (χ0v) is 16.8. The van der Waals surface area contributed by atoms with Gasteiger partial charge in [0.1, 0.15) is 5.69 Å². The molecule has 1 N–H and O–H groups in total. The van der Waals surface area contributed by atoms with Crippen molar-refractivity contribution in [1.29, 1.82) is 0 Å². The van der Waals surface area contributed by atoms with Crippen LogP contribution in [0, 0.1) is 0 Å². The fraction of sp³-hybridized carbons (Fsp3) is 0.250. The molecule has 1 aliphatic heterocycles. The number of halogens is 4. The Bertz CT molecular complexity index is 1050. The molecule has 0 saturated carbocycles. The topological polar surface area (TPSA) is 74.5 Å². The number of carbonyl (C=O) groups is 1. The number of alkyl halides is 3. The summed E-state index contributed by atoms with van der Waals surface area (Å²) in [6.07, 6.45) is -2.97. The highest BCUT2D eigenvalue weighted by Crippen LogP contribution is 2.34. The molecule has 1 fully saturated rings. The Morgan fingerprint density at radius 3 is 2.45 bits per heavy atom. The number of nitrogens with one attached hydrogen (secondary N) is 1. The molecule has 162 valence electrons. The SMILES string of the molecule is O=C(Nc1cc(C(F)(F)F)ccc1Cl)N1CCN(c2ccc(-c3ccco3)nn2)CC1. The molecule has 31 heavy (non-hydrogen) atoms. The Morgan fingerprint density at radius 2 is 1.84 bits per heavy atom. The highest BCUT2D eigenvalue weighted by molar-refractivity contribution is 6.33. The van der Waals surface area contributed by atoms with E-state index in [0.29, 0.717) is 43.5 Å². The van der Waals surface area contributed by atoms with Gasteiger partial charge in [-0.1, -0.05) is 11.6 Å². The number of amides is 2. The minimum absolute atomic E-state index is 0.0342. The third-order valence-electron chi connectivity index (χ3n) is 4.85. The molecule has 0 aliphatic carbocycles. The molecule has 4 rings (SSSR count). The second-order valence-corrected chi connectivity index (χ2v) is 7.26. The molecule has 1 saturated heterocycles. The standard InChI is InChI=1S/C20H17ClF3N5O2/c21-14-4-3-13(20(22,23)24)12-16(14)25-19(30)29-9-7-28(8-10-29)18-6-5-15(26-27-18)17-2-1-11-31-17/h1-6,11-12H,7-10H2,(H,25,30). The molecule has 0 unspecified atom stereocenters. The Labute approximate surface area is 180 Å². The van der Waals surface area contributed by atoms with E-state index in [1.54, 1.807) is 24.5 Å². The van der Waals surface area contributed by atoms with Gasteiger partial charge in [0, 0.05) is 26.2 Å². The summed E-state index contributed by atoms with van der Waals surface area (Å²) in [6, 6.07) is 9.48. The minimum Gasteiger partial charge on any atom is -0.463 e. The lowest BCUT2D eigenvalue weighted by molar-refractivity contribution is -0.137. The fourth-order valence-corrected chi connectivity index (χ4v) is 3.34. The molecule has 0 spiro atoms. The smallest absolute Gasteiger partial charge is 0.416 e. The van der Waals surface area contributed by atoms with E-state index in [1.807, 2.05) is 11.0 Å². The molecule has 2 amide bonds. The van der Waals surface area contributed by atoms with Gasteiger partial charge in [0.15, 0.2) is 11.6 Å². The van der Waals surface area contributed by atoms with Gasteiger partial charge >= 0.3 is 12.2 Å². The van der Waals surface area contributed by atoms with Crippen LogP contribution in [-0.4, -0.2) is 47.3 Å². The molecular formula is C20H17ClF3N5O2. The van der Waals surface area contributed by atoms with E-state index in [1.165, 1.54) is 4.90 Å². The van der Waals surface area contributed by atoms with Crippen molar-refractivity contribution < 1.29 is 22.4 Å². The maximum Gasteiger partial charge on any atom is 0.416 e. The van der Waals surface area contributed by atoms with Crippen molar-refractivity contribution in [1.82, 2.24) is 15.1 Å². The predicted octanol–water partition coefficient (Wildman–Crippen LogP) is 4.76. The summed E-state index contributed by atoms with van der Waals surface area (Å²) in [5, 5.41) is 10.9. The van der Waals surface area contributed by atoms with E-state index >= 15 is 0 Å². The summed E-state index contributed by atoms with van der Waals surface area (Å²) in [4.78, 5) is 16.0. The van der Waals surface area contributed by atoms with Gasteiger partial charge < -0.3 is 19.5 Å². The van der Waals surface area contributed by atoms with Crippen molar-refractivity contribution in [3.8, 4) is 11.5 Å². The monoisotopic (exact) mass is 451 g/mol. The quantitative estimate of drug-likeness (QED) is 0.621. The first-order valence-corrected chi connectivity index (χ1v) is 9.74. The van der Waals surface area contributed by atoms with Crippen LogP contribution in [0.2, 0.25) is 5.02 Å². The number of piperazine rings is 1. The van der Waals surface area contributed by atoms with Crippen molar-refractivity contribution in [2.24, 2.45) is 0 Å². The average Bonchev–Trinajstić information content (AvgIpc) is 3.30. The highest BCUT2D eigenvalue weighted by Gasteiger charge is 2.31. The summed E-state index contributed by atoms with van der Waals surface area (Å²) in [5.41, 5.74) is -0.346. The van der Waals surface area contributed by atoms with E-state index in [9.17, 15) is 18.0 Å². The predicted molar refractivity (Wildman–Crippen MR) is 109 cm³/mol. The summed E-state index contributed by atoms with van der Waals surface area (Å²) < 4.78 is 44.0. The highest BCUT2D eigenvalue weighted by atomic mass is 35.5. The van der Waals surface area contributed by atoms with E-state index < -0.39 is 17.8 Å². The van der Waals surface area contributed by atoms with Gasteiger partial charge in [0.05, 0.1) is 22.5 Å². The van der Waals surface area contributed by atoms with Crippen LogP contribution in [0.25, 0.3) is 11.5 Å². The number of benzene rings is 1. The summed E-state index contributed by atoms with van der Waals surface area (Å²) >= 11 is 5.95. The van der Waals surface area contributed by atoms with Gasteiger partial charge in [-0.05, 0) is 42.5 Å². The van der Waals surface area contributed by atoms with Gasteiger partial charge in [0.2, 0.25) is 0 Å². The lowest BCUT2D eigenvalue weighted by Crippen LogP contribution is -2.50. The van der Waals surface area contributed by atoms with Crippen LogP contribution in [-0.2, 0) is 6.18 Å². The molecule has 3 heterocycles.